The summed E-state index contributed by atoms with van der Waals surface area (Å²) in [6.45, 7) is 0. The smallest absolute Gasteiger partial charge is 0.137 e. The molecular formula is C16H14BrFN2S. The van der Waals surface area contributed by atoms with E-state index < -0.39 is 0 Å². The molecule has 108 valence electrons. The summed E-state index contributed by atoms with van der Waals surface area (Å²) in [5.41, 5.74) is 4.84. The molecule has 5 heteroatoms. The van der Waals surface area contributed by atoms with Crippen molar-refractivity contribution in [2.75, 3.05) is 0 Å². The summed E-state index contributed by atoms with van der Waals surface area (Å²) >= 11 is 5.02. The molecule has 3 N–H and O–H groups in total. The van der Waals surface area contributed by atoms with Gasteiger partial charge in [0.05, 0.1) is 10.5 Å². The predicted octanol–water partition coefficient (Wildman–Crippen LogP) is 4.55. The normalized spacial score (nSPS) is 12.7. The molecule has 0 bridgehead atoms. The highest BCUT2D eigenvalue weighted by Crippen LogP contribution is 2.32. The third-order valence-electron chi connectivity index (χ3n) is 3.54. The summed E-state index contributed by atoms with van der Waals surface area (Å²) in [6, 6.07) is 13.1. The first-order valence-corrected chi connectivity index (χ1v) is 8.23. The monoisotopic (exact) mass is 364 g/mol. The standard InChI is InChI=1S/C16H14BrFN2S/c17-16-12(5-3-6-13(16)18)14(20-19)8-10-9-21-15-7-2-1-4-11(10)15/h1-7,9,14,20H,8,19H2. The van der Waals surface area contributed by atoms with E-state index in [1.54, 1.807) is 17.4 Å². The van der Waals surface area contributed by atoms with Crippen LogP contribution < -0.4 is 11.3 Å². The largest absolute Gasteiger partial charge is 0.271 e. The Balaban J connectivity index is 1.96. The predicted molar refractivity (Wildman–Crippen MR) is 89.7 cm³/mol. The Labute approximate surface area is 134 Å². The van der Waals surface area contributed by atoms with Crippen LogP contribution in [0.5, 0.6) is 0 Å². The molecule has 2 nitrogen and oxygen atoms in total. The van der Waals surface area contributed by atoms with Crippen LogP contribution in [0.2, 0.25) is 0 Å². The summed E-state index contributed by atoms with van der Waals surface area (Å²) < 4.78 is 15.4. The van der Waals surface area contributed by atoms with Crippen molar-refractivity contribution in [2.45, 2.75) is 12.5 Å². The second-order valence-electron chi connectivity index (χ2n) is 4.82. The molecule has 0 radical (unpaired) electrons. The second-order valence-corrected chi connectivity index (χ2v) is 6.53. The first-order chi connectivity index (χ1) is 10.2. The van der Waals surface area contributed by atoms with Gasteiger partial charge in [0.1, 0.15) is 5.82 Å². The number of hydrogen-bond acceptors (Lipinski definition) is 3. The van der Waals surface area contributed by atoms with Crippen LogP contribution in [0.15, 0.2) is 52.3 Å². The molecule has 21 heavy (non-hydrogen) atoms. The van der Waals surface area contributed by atoms with Crippen molar-refractivity contribution in [3.05, 3.63) is 69.3 Å². The zero-order valence-corrected chi connectivity index (χ0v) is 13.5. The Bertz CT molecular complexity index is 772. The van der Waals surface area contributed by atoms with Crippen molar-refractivity contribution < 1.29 is 4.39 Å². The Morgan fingerprint density at radius 2 is 2.00 bits per heavy atom. The maximum atomic E-state index is 13.7. The lowest BCUT2D eigenvalue weighted by molar-refractivity contribution is 0.542. The van der Waals surface area contributed by atoms with E-state index in [9.17, 15) is 4.39 Å². The van der Waals surface area contributed by atoms with Crippen LogP contribution in [0.1, 0.15) is 17.2 Å². The minimum absolute atomic E-state index is 0.145. The Morgan fingerprint density at radius 3 is 2.81 bits per heavy atom. The topological polar surface area (TPSA) is 38.0 Å². The van der Waals surface area contributed by atoms with Gasteiger partial charge in [0.15, 0.2) is 0 Å². The maximum absolute atomic E-state index is 13.7. The van der Waals surface area contributed by atoms with Crippen LogP contribution in [0.4, 0.5) is 4.39 Å². The van der Waals surface area contributed by atoms with E-state index in [0.717, 1.165) is 5.56 Å². The molecule has 1 aromatic heterocycles. The Morgan fingerprint density at radius 1 is 1.19 bits per heavy atom. The van der Waals surface area contributed by atoms with E-state index in [-0.39, 0.29) is 11.9 Å². The van der Waals surface area contributed by atoms with E-state index in [1.807, 2.05) is 18.2 Å². The van der Waals surface area contributed by atoms with Crippen LogP contribution in [0, 0.1) is 5.82 Å². The summed E-state index contributed by atoms with van der Waals surface area (Å²) in [4.78, 5) is 0. The minimum Gasteiger partial charge on any atom is -0.271 e. The molecule has 3 aromatic rings. The number of hydrogen-bond donors (Lipinski definition) is 2. The van der Waals surface area contributed by atoms with Crippen molar-refractivity contribution in [3.63, 3.8) is 0 Å². The average molecular weight is 365 g/mol. The van der Waals surface area contributed by atoms with Crippen molar-refractivity contribution in [2.24, 2.45) is 5.84 Å². The van der Waals surface area contributed by atoms with E-state index in [1.165, 1.54) is 21.7 Å². The van der Waals surface area contributed by atoms with Gasteiger partial charge >= 0.3 is 0 Å². The number of hydrazine groups is 1. The van der Waals surface area contributed by atoms with Gasteiger partial charge in [-0.1, -0.05) is 30.3 Å². The molecule has 3 rings (SSSR count). The summed E-state index contributed by atoms with van der Waals surface area (Å²) in [5.74, 6) is 5.42. The SMILES string of the molecule is NNC(Cc1csc2ccccc12)c1cccc(F)c1Br. The van der Waals surface area contributed by atoms with Crippen LogP contribution in [0.25, 0.3) is 10.1 Å². The van der Waals surface area contributed by atoms with E-state index in [2.05, 4.69) is 38.9 Å². The third-order valence-corrected chi connectivity index (χ3v) is 5.39. The first-order valence-electron chi connectivity index (χ1n) is 6.56. The van der Waals surface area contributed by atoms with Gasteiger partial charge in [-0.15, -0.1) is 11.3 Å². The first kappa shape index (κ1) is 14.7. The molecule has 1 atom stereocenters. The van der Waals surface area contributed by atoms with Crippen molar-refractivity contribution in [3.8, 4) is 0 Å². The average Bonchev–Trinajstić information content (AvgIpc) is 2.91. The highest BCUT2D eigenvalue weighted by Gasteiger charge is 2.17. The molecule has 0 amide bonds. The van der Waals surface area contributed by atoms with E-state index in [4.69, 9.17) is 5.84 Å². The number of nitrogens with two attached hydrogens (primary N) is 1. The molecule has 0 spiro atoms. The van der Waals surface area contributed by atoms with E-state index >= 15 is 0 Å². The molecule has 0 aliphatic rings. The van der Waals surface area contributed by atoms with Crippen molar-refractivity contribution >= 4 is 37.4 Å². The molecule has 2 aromatic carbocycles. The number of halogens is 2. The van der Waals surface area contributed by atoms with Crippen LogP contribution >= 0.6 is 27.3 Å². The lowest BCUT2D eigenvalue weighted by atomic mass is 9.99. The lowest BCUT2D eigenvalue weighted by Gasteiger charge is -2.18. The van der Waals surface area contributed by atoms with Crippen molar-refractivity contribution in [1.29, 1.82) is 0 Å². The number of nitrogens with one attached hydrogen (secondary N) is 1. The molecule has 0 aliphatic heterocycles. The third kappa shape index (κ3) is 2.87. The molecule has 1 unspecified atom stereocenters. The zero-order chi connectivity index (χ0) is 14.8. The van der Waals surface area contributed by atoms with Crippen LogP contribution in [-0.2, 0) is 6.42 Å². The number of fused-ring (bicyclic) bond motifs is 1. The molecule has 0 saturated carbocycles. The van der Waals surface area contributed by atoms with Gasteiger partial charge in [0, 0.05) is 4.70 Å². The lowest BCUT2D eigenvalue weighted by Crippen LogP contribution is -2.30. The van der Waals surface area contributed by atoms with Crippen LogP contribution in [0.3, 0.4) is 0 Å². The summed E-state index contributed by atoms with van der Waals surface area (Å²) in [5, 5.41) is 3.37. The molecule has 0 saturated heterocycles. The maximum Gasteiger partial charge on any atom is 0.137 e. The van der Waals surface area contributed by atoms with E-state index in [0.29, 0.717) is 10.9 Å². The van der Waals surface area contributed by atoms with Gasteiger partial charge in [-0.2, -0.15) is 0 Å². The summed E-state index contributed by atoms with van der Waals surface area (Å²) in [6.07, 6.45) is 0.711. The molecule has 0 fully saturated rings. The quantitative estimate of drug-likeness (QED) is 0.526. The minimum atomic E-state index is -0.275. The fraction of sp³-hybridized carbons (Fsp3) is 0.125. The molecular weight excluding hydrogens is 351 g/mol. The van der Waals surface area contributed by atoms with Gasteiger partial charge in [-0.25, -0.2) is 4.39 Å². The number of benzene rings is 2. The van der Waals surface area contributed by atoms with Gasteiger partial charge in [-0.3, -0.25) is 11.3 Å². The molecule has 0 aliphatic carbocycles. The van der Waals surface area contributed by atoms with Gasteiger partial charge in [0.25, 0.3) is 0 Å². The second kappa shape index (κ2) is 6.23. The van der Waals surface area contributed by atoms with Gasteiger partial charge < -0.3 is 0 Å². The number of rotatable bonds is 4. The van der Waals surface area contributed by atoms with Gasteiger partial charge in [0.2, 0.25) is 0 Å². The van der Waals surface area contributed by atoms with Crippen LogP contribution in [-0.4, -0.2) is 0 Å². The van der Waals surface area contributed by atoms with Crippen molar-refractivity contribution in [1.82, 2.24) is 5.43 Å². The zero-order valence-electron chi connectivity index (χ0n) is 11.1. The number of thiophene rings is 1. The fourth-order valence-electron chi connectivity index (χ4n) is 2.46. The Kier molecular flexibility index (Phi) is 4.35. The highest BCUT2D eigenvalue weighted by atomic mass is 79.9. The summed E-state index contributed by atoms with van der Waals surface area (Å²) in [7, 11) is 0. The highest BCUT2D eigenvalue weighted by molar-refractivity contribution is 9.10. The van der Waals surface area contributed by atoms with Gasteiger partial charge in [-0.05, 0) is 56.4 Å². The fourth-order valence-corrected chi connectivity index (χ4v) is 3.98. The molecule has 1 heterocycles. The Hall–Kier alpha value is -1.27.